The molecule has 1 saturated heterocycles. The average Bonchev–Trinajstić information content (AvgIpc) is 2.48. The van der Waals surface area contributed by atoms with Gasteiger partial charge in [-0.2, -0.15) is 0 Å². The van der Waals surface area contributed by atoms with Gasteiger partial charge in [0.05, 0.1) is 11.9 Å². The van der Waals surface area contributed by atoms with Gasteiger partial charge in [-0.1, -0.05) is 18.2 Å². The van der Waals surface area contributed by atoms with E-state index in [1.807, 2.05) is 18.5 Å². The molecular formula is C12H13N3. The molecule has 76 valence electrons. The van der Waals surface area contributed by atoms with E-state index in [9.17, 15) is 0 Å². The van der Waals surface area contributed by atoms with Gasteiger partial charge in [-0.25, -0.2) is 0 Å². The maximum Gasteiger partial charge on any atom is 0.125 e. The van der Waals surface area contributed by atoms with E-state index in [-0.39, 0.29) is 0 Å². The van der Waals surface area contributed by atoms with Crippen LogP contribution in [0.4, 0.5) is 5.69 Å². The van der Waals surface area contributed by atoms with Gasteiger partial charge >= 0.3 is 0 Å². The van der Waals surface area contributed by atoms with Gasteiger partial charge in [-0.3, -0.25) is 4.99 Å². The number of hydrogen-bond donors (Lipinski definition) is 1. The third-order valence-electron chi connectivity index (χ3n) is 2.79. The fraction of sp³-hybridized carbons (Fsp3) is 0.250. The van der Waals surface area contributed by atoms with Gasteiger partial charge in [0.1, 0.15) is 5.82 Å². The van der Waals surface area contributed by atoms with E-state index in [4.69, 9.17) is 0 Å². The molecule has 0 radical (unpaired) electrons. The van der Waals surface area contributed by atoms with Crippen molar-refractivity contribution in [2.45, 2.75) is 6.42 Å². The molecule has 2 aliphatic heterocycles. The second-order valence-electron chi connectivity index (χ2n) is 3.78. The van der Waals surface area contributed by atoms with Gasteiger partial charge in [0.2, 0.25) is 0 Å². The molecule has 1 N–H and O–H groups in total. The third kappa shape index (κ3) is 1.40. The number of hydrogen-bond acceptors (Lipinski definition) is 3. The summed E-state index contributed by atoms with van der Waals surface area (Å²) in [5.41, 5.74) is 2.43. The van der Waals surface area contributed by atoms with Gasteiger partial charge in [0, 0.05) is 24.9 Å². The third-order valence-corrected chi connectivity index (χ3v) is 2.79. The summed E-state index contributed by atoms with van der Waals surface area (Å²) in [7, 11) is 0. The molecule has 3 rings (SSSR count). The minimum Gasteiger partial charge on any atom is -0.370 e. The fourth-order valence-electron chi connectivity index (χ4n) is 2.07. The monoisotopic (exact) mass is 199 g/mol. The van der Waals surface area contributed by atoms with E-state index in [0.717, 1.165) is 18.9 Å². The fourth-order valence-corrected chi connectivity index (χ4v) is 2.07. The van der Waals surface area contributed by atoms with Crippen molar-refractivity contribution in [1.82, 2.24) is 5.32 Å². The number of para-hydroxylation sites is 1. The van der Waals surface area contributed by atoms with Gasteiger partial charge in [-0.15, -0.1) is 0 Å². The van der Waals surface area contributed by atoms with E-state index < -0.39 is 0 Å². The smallest absolute Gasteiger partial charge is 0.125 e. The van der Waals surface area contributed by atoms with Crippen LogP contribution in [0.3, 0.4) is 0 Å². The molecule has 2 aliphatic rings. The lowest BCUT2D eigenvalue weighted by Crippen LogP contribution is -2.39. The Morgan fingerprint density at radius 1 is 1.27 bits per heavy atom. The predicted octanol–water partition coefficient (Wildman–Crippen LogP) is 1.72. The molecule has 1 aromatic rings. The van der Waals surface area contributed by atoms with Crippen molar-refractivity contribution in [3.05, 3.63) is 41.8 Å². The molecule has 0 bridgehead atoms. The Morgan fingerprint density at radius 3 is 3.20 bits per heavy atom. The summed E-state index contributed by atoms with van der Waals surface area (Å²) in [5, 5.41) is 3.38. The van der Waals surface area contributed by atoms with Crippen molar-refractivity contribution in [2.75, 3.05) is 18.0 Å². The van der Waals surface area contributed by atoms with Gasteiger partial charge in [0.25, 0.3) is 0 Å². The van der Waals surface area contributed by atoms with Crippen molar-refractivity contribution in [2.24, 2.45) is 4.99 Å². The maximum absolute atomic E-state index is 4.31. The van der Waals surface area contributed by atoms with Crippen LogP contribution in [0.2, 0.25) is 0 Å². The van der Waals surface area contributed by atoms with Gasteiger partial charge in [-0.05, 0) is 12.5 Å². The Morgan fingerprint density at radius 2 is 2.20 bits per heavy atom. The summed E-state index contributed by atoms with van der Waals surface area (Å²) in [5.74, 6) is 1.11. The molecule has 1 fully saturated rings. The first-order valence-electron chi connectivity index (χ1n) is 5.29. The van der Waals surface area contributed by atoms with Crippen LogP contribution in [0.5, 0.6) is 0 Å². The lowest BCUT2D eigenvalue weighted by atomic mass is 10.1. The molecule has 3 heteroatoms. The molecule has 0 saturated carbocycles. The topological polar surface area (TPSA) is 27.6 Å². The SMILES string of the molecule is C1=NC=C2NCCCN2c2ccccc21. The summed E-state index contributed by atoms with van der Waals surface area (Å²) in [4.78, 5) is 6.60. The molecule has 3 nitrogen and oxygen atoms in total. The quantitative estimate of drug-likeness (QED) is 0.689. The highest BCUT2D eigenvalue weighted by Gasteiger charge is 2.19. The first kappa shape index (κ1) is 8.53. The molecular weight excluding hydrogens is 186 g/mol. The number of fused-ring (bicyclic) bond motifs is 3. The number of anilines is 1. The number of benzene rings is 1. The van der Waals surface area contributed by atoms with Crippen molar-refractivity contribution < 1.29 is 0 Å². The second kappa shape index (κ2) is 3.42. The van der Waals surface area contributed by atoms with Gasteiger partial charge < -0.3 is 10.2 Å². The summed E-state index contributed by atoms with van der Waals surface area (Å²) < 4.78 is 0. The standard InChI is InChI=1S/C12H13N3/c1-2-5-11-10(4-1)8-13-9-12-14-6-3-7-15(11)12/h1-2,4-5,8-9,14H,3,6-7H2. The Kier molecular flexibility index (Phi) is 1.95. The summed E-state index contributed by atoms with van der Waals surface area (Å²) in [6.45, 7) is 2.11. The zero-order valence-corrected chi connectivity index (χ0v) is 8.48. The highest BCUT2D eigenvalue weighted by Crippen LogP contribution is 2.25. The Bertz CT molecular complexity index is 434. The van der Waals surface area contributed by atoms with Crippen LogP contribution in [0.25, 0.3) is 0 Å². The van der Waals surface area contributed by atoms with Crippen molar-refractivity contribution >= 4 is 11.9 Å². The summed E-state index contributed by atoms with van der Waals surface area (Å²) >= 11 is 0. The summed E-state index contributed by atoms with van der Waals surface area (Å²) in [6.07, 6.45) is 4.99. The van der Waals surface area contributed by atoms with E-state index in [2.05, 4.69) is 33.4 Å². The highest BCUT2D eigenvalue weighted by atomic mass is 15.3. The van der Waals surface area contributed by atoms with Crippen LogP contribution < -0.4 is 10.2 Å². The van der Waals surface area contributed by atoms with Crippen LogP contribution >= 0.6 is 0 Å². The lowest BCUT2D eigenvalue weighted by molar-refractivity contribution is 0.623. The van der Waals surface area contributed by atoms with Crippen LogP contribution in [-0.2, 0) is 0 Å². The van der Waals surface area contributed by atoms with E-state index >= 15 is 0 Å². The normalized spacial score (nSPS) is 18.4. The summed E-state index contributed by atoms with van der Waals surface area (Å²) in [6, 6.07) is 8.37. The van der Waals surface area contributed by atoms with Crippen molar-refractivity contribution in [1.29, 1.82) is 0 Å². The predicted molar refractivity (Wildman–Crippen MR) is 62.1 cm³/mol. The number of aliphatic imine (C=N–C) groups is 1. The molecule has 2 heterocycles. The van der Waals surface area contributed by atoms with Crippen LogP contribution in [-0.4, -0.2) is 19.3 Å². The van der Waals surface area contributed by atoms with E-state index in [1.54, 1.807) is 0 Å². The molecule has 0 aliphatic carbocycles. The van der Waals surface area contributed by atoms with E-state index in [1.165, 1.54) is 17.7 Å². The minimum absolute atomic E-state index is 1.04. The zero-order valence-electron chi connectivity index (χ0n) is 8.48. The molecule has 0 amide bonds. The van der Waals surface area contributed by atoms with Crippen molar-refractivity contribution in [3.63, 3.8) is 0 Å². The number of rotatable bonds is 0. The van der Waals surface area contributed by atoms with Crippen LogP contribution in [0.1, 0.15) is 12.0 Å². The molecule has 1 aromatic carbocycles. The molecule has 0 spiro atoms. The van der Waals surface area contributed by atoms with Gasteiger partial charge in [0.15, 0.2) is 0 Å². The molecule has 0 aromatic heterocycles. The first-order chi connectivity index (χ1) is 7.45. The second-order valence-corrected chi connectivity index (χ2v) is 3.78. The maximum atomic E-state index is 4.31. The number of nitrogens with one attached hydrogen (secondary N) is 1. The Hall–Kier alpha value is -1.77. The van der Waals surface area contributed by atoms with E-state index in [0.29, 0.717) is 0 Å². The Balaban J connectivity index is 2.11. The largest absolute Gasteiger partial charge is 0.370 e. The minimum atomic E-state index is 1.04. The molecule has 15 heavy (non-hydrogen) atoms. The average molecular weight is 199 g/mol. The molecule has 0 unspecified atom stereocenters. The van der Waals surface area contributed by atoms with Crippen LogP contribution in [0.15, 0.2) is 41.3 Å². The van der Waals surface area contributed by atoms with Crippen molar-refractivity contribution in [3.8, 4) is 0 Å². The first-order valence-corrected chi connectivity index (χ1v) is 5.29. The zero-order chi connectivity index (χ0) is 10.1. The lowest BCUT2D eigenvalue weighted by Gasteiger charge is -2.32. The molecule has 0 atom stereocenters. The highest BCUT2D eigenvalue weighted by molar-refractivity contribution is 5.89. The Labute approximate surface area is 89.1 Å². The number of nitrogens with zero attached hydrogens (tertiary/aromatic N) is 2. The van der Waals surface area contributed by atoms with Crippen LogP contribution in [0, 0.1) is 0 Å².